The molecule has 1 fully saturated rings. The molecule has 118 valence electrons. The lowest BCUT2D eigenvalue weighted by Crippen LogP contribution is -2.26. The van der Waals surface area contributed by atoms with E-state index in [0.29, 0.717) is 0 Å². The standard InChI is InChI=1S/C17H19F3N2/c18-17(19,20)15-6-7-16(21-10-15)14-8-9-22(12-14)11-13-4-2-1-3-5-13/h1-5,7,10,14-15H,6,8-9,11-12H2. The average molecular weight is 308 g/mol. The number of benzene rings is 1. The van der Waals surface area contributed by atoms with Crippen molar-refractivity contribution in [1.82, 2.24) is 4.90 Å². The number of hydrogen-bond acceptors (Lipinski definition) is 2. The molecule has 3 rings (SSSR count). The Morgan fingerprint density at radius 2 is 1.95 bits per heavy atom. The maximum Gasteiger partial charge on any atom is 0.396 e. The summed E-state index contributed by atoms with van der Waals surface area (Å²) < 4.78 is 37.9. The molecule has 0 saturated carbocycles. The third kappa shape index (κ3) is 3.58. The molecule has 2 atom stereocenters. The highest BCUT2D eigenvalue weighted by Crippen LogP contribution is 2.34. The molecular weight excluding hydrogens is 289 g/mol. The summed E-state index contributed by atoms with van der Waals surface area (Å²) in [6, 6.07) is 10.2. The third-order valence-corrected chi connectivity index (χ3v) is 4.34. The summed E-state index contributed by atoms with van der Waals surface area (Å²) in [6.45, 7) is 2.73. The van der Waals surface area contributed by atoms with Gasteiger partial charge in [0.05, 0.1) is 5.92 Å². The van der Waals surface area contributed by atoms with Crippen molar-refractivity contribution in [3.63, 3.8) is 0 Å². The van der Waals surface area contributed by atoms with Gasteiger partial charge in [0.15, 0.2) is 0 Å². The SMILES string of the molecule is FC(F)(F)C1C=NC(C2CCN(Cc3ccccc3)C2)=CC1. The van der Waals surface area contributed by atoms with Gasteiger partial charge in [-0.05, 0) is 24.9 Å². The Morgan fingerprint density at radius 1 is 1.18 bits per heavy atom. The Bertz CT molecular complexity index is 563. The highest BCUT2D eigenvalue weighted by Gasteiger charge is 2.39. The smallest absolute Gasteiger partial charge is 0.298 e. The molecule has 0 aromatic heterocycles. The van der Waals surface area contributed by atoms with E-state index in [0.717, 1.165) is 38.0 Å². The molecule has 5 heteroatoms. The maximum absolute atomic E-state index is 12.6. The minimum atomic E-state index is -4.18. The zero-order chi connectivity index (χ0) is 15.6. The van der Waals surface area contributed by atoms with Crippen LogP contribution in [0.4, 0.5) is 13.2 Å². The zero-order valence-electron chi connectivity index (χ0n) is 12.3. The van der Waals surface area contributed by atoms with Crippen molar-refractivity contribution >= 4 is 6.21 Å². The number of halogens is 3. The van der Waals surface area contributed by atoms with Crippen molar-refractivity contribution in [3.05, 3.63) is 47.7 Å². The first kappa shape index (κ1) is 15.3. The molecule has 1 saturated heterocycles. The second-order valence-corrected chi connectivity index (χ2v) is 6.00. The van der Waals surface area contributed by atoms with E-state index in [1.165, 1.54) is 5.56 Å². The van der Waals surface area contributed by atoms with Gasteiger partial charge < -0.3 is 0 Å². The van der Waals surface area contributed by atoms with Crippen molar-refractivity contribution in [2.45, 2.75) is 25.6 Å². The van der Waals surface area contributed by atoms with Gasteiger partial charge in [0.25, 0.3) is 0 Å². The first-order valence-electron chi connectivity index (χ1n) is 7.59. The summed E-state index contributed by atoms with van der Waals surface area (Å²) in [7, 11) is 0. The normalized spacial score (nSPS) is 26.2. The van der Waals surface area contributed by atoms with Crippen molar-refractivity contribution in [2.75, 3.05) is 13.1 Å². The quantitative estimate of drug-likeness (QED) is 0.822. The molecule has 2 aliphatic rings. The lowest BCUT2D eigenvalue weighted by atomic mass is 9.97. The van der Waals surface area contributed by atoms with Crippen LogP contribution in [0.2, 0.25) is 0 Å². The molecule has 2 nitrogen and oxygen atoms in total. The number of hydrogen-bond donors (Lipinski definition) is 0. The Labute approximate surface area is 128 Å². The van der Waals surface area contributed by atoms with E-state index in [-0.39, 0.29) is 12.3 Å². The number of rotatable bonds is 3. The maximum atomic E-state index is 12.6. The summed E-state index contributed by atoms with van der Waals surface area (Å²) in [5.74, 6) is -1.16. The Balaban J connectivity index is 1.55. The van der Waals surface area contributed by atoms with Gasteiger partial charge in [-0.2, -0.15) is 13.2 Å². The van der Waals surface area contributed by atoms with Gasteiger partial charge in [-0.3, -0.25) is 9.89 Å². The summed E-state index contributed by atoms with van der Waals surface area (Å²) in [5, 5.41) is 0. The fourth-order valence-corrected chi connectivity index (χ4v) is 3.09. The zero-order valence-corrected chi connectivity index (χ0v) is 12.3. The largest absolute Gasteiger partial charge is 0.396 e. The van der Waals surface area contributed by atoms with Gasteiger partial charge in [0.2, 0.25) is 0 Å². The second-order valence-electron chi connectivity index (χ2n) is 6.00. The first-order valence-corrected chi connectivity index (χ1v) is 7.59. The lowest BCUT2D eigenvalue weighted by molar-refractivity contribution is -0.153. The molecule has 2 unspecified atom stereocenters. The summed E-state index contributed by atoms with van der Waals surface area (Å²) in [6.07, 6.45) is -0.436. The van der Waals surface area contributed by atoms with Crippen molar-refractivity contribution < 1.29 is 13.2 Å². The number of allylic oxidation sites excluding steroid dienone is 1. The van der Waals surface area contributed by atoms with Crippen LogP contribution in [0, 0.1) is 11.8 Å². The molecule has 1 aromatic carbocycles. The van der Waals surface area contributed by atoms with Crippen LogP contribution in [0.25, 0.3) is 0 Å². The topological polar surface area (TPSA) is 15.6 Å². The minimum absolute atomic E-state index is 0.0253. The monoisotopic (exact) mass is 308 g/mol. The molecule has 2 aliphatic heterocycles. The number of alkyl halides is 3. The van der Waals surface area contributed by atoms with Crippen LogP contribution in [0.15, 0.2) is 47.1 Å². The van der Waals surface area contributed by atoms with Gasteiger partial charge in [-0.15, -0.1) is 0 Å². The van der Waals surface area contributed by atoms with Crippen molar-refractivity contribution in [1.29, 1.82) is 0 Å². The van der Waals surface area contributed by atoms with Crippen LogP contribution in [-0.2, 0) is 6.54 Å². The predicted octanol–water partition coefficient (Wildman–Crippen LogP) is 4.05. The van der Waals surface area contributed by atoms with E-state index >= 15 is 0 Å². The highest BCUT2D eigenvalue weighted by molar-refractivity contribution is 5.65. The Kier molecular flexibility index (Phi) is 4.34. The van der Waals surface area contributed by atoms with E-state index in [1.54, 1.807) is 6.08 Å². The van der Waals surface area contributed by atoms with Gasteiger partial charge in [-0.25, -0.2) is 0 Å². The van der Waals surface area contributed by atoms with E-state index in [9.17, 15) is 13.2 Å². The van der Waals surface area contributed by atoms with Crippen LogP contribution >= 0.6 is 0 Å². The van der Waals surface area contributed by atoms with Crippen LogP contribution in [0.1, 0.15) is 18.4 Å². The van der Waals surface area contributed by atoms with E-state index in [2.05, 4.69) is 22.0 Å². The van der Waals surface area contributed by atoms with Crippen LogP contribution < -0.4 is 0 Å². The molecule has 0 radical (unpaired) electrons. The molecule has 2 heterocycles. The molecule has 0 spiro atoms. The predicted molar refractivity (Wildman–Crippen MR) is 80.6 cm³/mol. The first-order chi connectivity index (χ1) is 10.5. The van der Waals surface area contributed by atoms with Crippen LogP contribution in [0.3, 0.4) is 0 Å². The number of likely N-dealkylation sites (tertiary alicyclic amines) is 1. The fraction of sp³-hybridized carbons (Fsp3) is 0.471. The third-order valence-electron chi connectivity index (χ3n) is 4.34. The van der Waals surface area contributed by atoms with Gasteiger partial charge >= 0.3 is 6.18 Å². The Hall–Kier alpha value is -1.62. The molecule has 0 aliphatic carbocycles. The van der Waals surface area contributed by atoms with E-state index in [4.69, 9.17) is 0 Å². The number of nitrogens with zero attached hydrogens (tertiary/aromatic N) is 2. The van der Waals surface area contributed by atoms with E-state index < -0.39 is 12.1 Å². The molecule has 22 heavy (non-hydrogen) atoms. The average Bonchev–Trinajstić information content (AvgIpc) is 2.96. The fourth-order valence-electron chi connectivity index (χ4n) is 3.09. The highest BCUT2D eigenvalue weighted by atomic mass is 19.4. The molecular formula is C17H19F3N2. The number of aliphatic imine (C=N–C) groups is 1. The van der Waals surface area contributed by atoms with Gasteiger partial charge in [0.1, 0.15) is 0 Å². The molecule has 0 bridgehead atoms. The van der Waals surface area contributed by atoms with Gasteiger partial charge in [-0.1, -0.05) is 36.4 Å². The van der Waals surface area contributed by atoms with Crippen molar-refractivity contribution in [2.24, 2.45) is 16.8 Å². The van der Waals surface area contributed by atoms with Crippen molar-refractivity contribution in [3.8, 4) is 0 Å². The van der Waals surface area contributed by atoms with Crippen LogP contribution in [0.5, 0.6) is 0 Å². The summed E-state index contributed by atoms with van der Waals surface area (Å²) in [5.41, 5.74) is 2.09. The van der Waals surface area contributed by atoms with Gasteiger partial charge in [0, 0.05) is 30.9 Å². The summed E-state index contributed by atoms with van der Waals surface area (Å²) >= 11 is 0. The molecule has 1 aromatic rings. The second kappa shape index (κ2) is 6.24. The van der Waals surface area contributed by atoms with Crippen LogP contribution in [-0.4, -0.2) is 30.4 Å². The van der Waals surface area contributed by atoms with E-state index in [1.807, 2.05) is 18.2 Å². The minimum Gasteiger partial charge on any atom is -0.298 e. The molecule has 0 amide bonds. The summed E-state index contributed by atoms with van der Waals surface area (Å²) in [4.78, 5) is 6.43. The molecule has 0 N–H and O–H groups in total. The lowest BCUT2D eigenvalue weighted by Gasteiger charge is -2.21. The Morgan fingerprint density at radius 3 is 2.59 bits per heavy atom.